The van der Waals surface area contributed by atoms with Crippen LogP contribution in [0.25, 0.3) is 11.3 Å². The minimum absolute atomic E-state index is 0.0133. The van der Waals surface area contributed by atoms with Gasteiger partial charge in [-0.3, -0.25) is 9.59 Å². The van der Waals surface area contributed by atoms with E-state index in [1.54, 1.807) is 0 Å². The van der Waals surface area contributed by atoms with Gasteiger partial charge in [0.2, 0.25) is 5.91 Å². The predicted octanol–water partition coefficient (Wildman–Crippen LogP) is 3.13. The number of carboxylic acids is 1. The highest BCUT2D eigenvalue weighted by atomic mass is 16.4. The maximum Gasteiger partial charge on any atom is 0.305 e. The first-order chi connectivity index (χ1) is 11.6. The lowest BCUT2D eigenvalue weighted by Crippen LogP contribution is -2.54. The minimum atomic E-state index is -0.855. The number of benzene rings is 1. The molecule has 1 fully saturated rings. The molecular weight excluding hydrogens is 304 g/mol. The van der Waals surface area contributed by atoms with Crippen molar-refractivity contribution in [1.82, 2.24) is 10.3 Å². The van der Waals surface area contributed by atoms with Gasteiger partial charge in [-0.15, -0.1) is 0 Å². The maximum absolute atomic E-state index is 12.2. The van der Waals surface area contributed by atoms with Gasteiger partial charge in [0.25, 0.3) is 0 Å². The summed E-state index contributed by atoms with van der Waals surface area (Å²) in [6.45, 7) is 0. The van der Waals surface area contributed by atoms with Gasteiger partial charge in [0, 0.05) is 17.8 Å². The molecule has 1 heterocycles. The number of nitrogens with one attached hydrogen (secondary N) is 2. The number of hydrogen-bond acceptors (Lipinski definition) is 2. The number of carboxylic acid groups (broad SMARTS) is 1. The molecule has 3 rings (SSSR count). The number of aromatic amines is 1. The molecule has 0 saturated heterocycles. The standard InChI is InChI=1S/C19H22N2O3/c22-17(21-19(11-4-12-19)13-18(23)24)10-8-15-7-9-16(20-15)14-5-2-1-3-6-14/h1-3,5-7,9,20H,4,8,10-13H2,(H,21,22)(H,23,24). The van der Waals surface area contributed by atoms with Crippen molar-refractivity contribution in [2.24, 2.45) is 0 Å². The summed E-state index contributed by atoms with van der Waals surface area (Å²) in [6, 6.07) is 14.0. The quantitative estimate of drug-likeness (QED) is 0.731. The normalized spacial score (nSPS) is 15.5. The number of H-pyrrole nitrogens is 1. The second-order valence-corrected chi connectivity index (χ2v) is 6.52. The van der Waals surface area contributed by atoms with Crippen LogP contribution in [0.5, 0.6) is 0 Å². The van der Waals surface area contributed by atoms with E-state index in [0.29, 0.717) is 12.8 Å². The second kappa shape index (κ2) is 6.91. The molecule has 2 aromatic rings. The Kier molecular flexibility index (Phi) is 4.69. The average molecular weight is 326 g/mol. The highest BCUT2D eigenvalue weighted by Crippen LogP contribution is 2.35. The first kappa shape index (κ1) is 16.3. The van der Waals surface area contributed by atoms with Gasteiger partial charge in [-0.05, 0) is 43.4 Å². The zero-order valence-electron chi connectivity index (χ0n) is 13.5. The monoisotopic (exact) mass is 326 g/mol. The van der Waals surface area contributed by atoms with Gasteiger partial charge in [-0.2, -0.15) is 0 Å². The summed E-state index contributed by atoms with van der Waals surface area (Å²) in [5.74, 6) is -0.932. The zero-order valence-corrected chi connectivity index (χ0v) is 13.5. The number of hydrogen-bond donors (Lipinski definition) is 3. The summed E-state index contributed by atoms with van der Waals surface area (Å²) in [4.78, 5) is 26.4. The van der Waals surface area contributed by atoms with Crippen LogP contribution < -0.4 is 5.32 Å². The molecule has 1 aromatic heterocycles. The smallest absolute Gasteiger partial charge is 0.305 e. The van der Waals surface area contributed by atoms with Crippen LogP contribution in [-0.2, 0) is 16.0 Å². The zero-order chi connectivity index (χ0) is 17.0. The maximum atomic E-state index is 12.2. The highest BCUT2D eigenvalue weighted by Gasteiger charge is 2.40. The lowest BCUT2D eigenvalue weighted by Gasteiger charge is -2.41. The molecule has 0 bridgehead atoms. The Morgan fingerprint density at radius 1 is 1.12 bits per heavy atom. The van der Waals surface area contributed by atoms with Crippen LogP contribution in [0.4, 0.5) is 0 Å². The minimum Gasteiger partial charge on any atom is -0.481 e. The molecule has 1 amide bonds. The van der Waals surface area contributed by atoms with Gasteiger partial charge in [0.1, 0.15) is 0 Å². The summed E-state index contributed by atoms with van der Waals surface area (Å²) >= 11 is 0. The molecule has 126 valence electrons. The van der Waals surface area contributed by atoms with E-state index < -0.39 is 11.5 Å². The second-order valence-electron chi connectivity index (χ2n) is 6.52. The molecule has 24 heavy (non-hydrogen) atoms. The molecule has 0 aliphatic heterocycles. The Labute approximate surface area is 141 Å². The van der Waals surface area contributed by atoms with Crippen molar-refractivity contribution in [1.29, 1.82) is 0 Å². The number of carbonyl (C=O) groups is 2. The van der Waals surface area contributed by atoms with E-state index in [2.05, 4.69) is 10.3 Å². The van der Waals surface area contributed by atoms with Crippen molar-refractivity contribution in [2.45, 2.75) is 44.1 Å². The Balaban J connectivity index is 1.53. The average Bonchev–Trinajstić information content (AvgIpc) is 3.00. The number of carbonyl (C=O) groups excluding carboxylic acids is 1. The van der Waals surface area contributed by atoms with Crippen molar-refractivity contribution in [3.63, 3.8) is 0 Å². The SMILES string of the molecule is O=C(O)CC1(NC(=O)CCc2ccc(-c3ccccc3)[nH]2)CCC1. The number of rotatable bonds is 7. The van der Waals surface area contributed by atoms with Gasteiger partial charge >= 0.3 is 5.97 Å². The van der Waals surface area contributed by atoms with Crippen molar-refractivity contribution < 1.29 is 14.7 Å². The van der Waals surface area contributed by atoms with E-state index in [1.165, 1.54) is 0 Å². The Morgan fingerprint density at radius 2 is 1.88 bits per heavy atom. The van der Waals surface area contributed by atoms with Gasteiger partial charge < -0.3 is 15.4 Å². The number of aromatic nitrogens is 1. The van der Waals surface area contributed by atoms with Gasteiger partial charge in [-0.25, -0.2) is 0 Å². The molecule has 1 aliphatic rings. The van der Waals surface area contributed by atoms with Crippen molar-refractivity contribution in [3.8, 4) is 11.3 Å². The van der Waals surface area contributed by atoms with Crippen molar-refractivity contribution in [2.75, 3.05) is 0 Å². The third-order valence-electron chi connectivity index (χ3n) is 4.66. The first-order valence-electron chi connectivity index (χ1n) is 8.32. The summed E-state index contributed by atoms with van der Waals surface area (Å²) < 4.78 is 0. The fraction of sp³-hybridized carbons (Fsp3) is 0.368. The summed E-state index contributed by atoms with van der Waals surface area (Å²) in [7, 11) is 0. The van der Waals surface area contributed by atoms with E-state index in [-0.39, 0.29) is 12.3 Å². The summed E-state index contributed by atoms with van der Waals surface area (Å²) in [6.07, 6.45) is 3.47. The number of amides is 1. The van der Waals surface area contributed by atoms with Crippen LogP contribution in [0.1, 0.15) is 37.8 Å². The largest absolute Gasteiger partial charge is 0.481 e. The Morgan fingerprint density at radius 3 is 2.50 bits per heavy atom. The molecule has 0 atom stereocenters. The van der Waals surface area contributed by atoms with E-state index in [0.717, 1.165) is 36.2 Å². The fourth-order valence-corrected chi connectivity index (χ4v) is 3.22. The van der Waals surface area contributed by atoms with Crippen molar-refractivity contribution in [3.05, 3.63) is 48.2 Å². The molecule has 0 unspecified atom stereocenters. The van der Waals surface area contributed by atoms with Gasteiger partial charge in [0.15, 0.2) is 0 Å². The van der Waals surface area contributed by atoms with Crippen LogP contribution in [-0.4, -0.2) is 27.5 Å². The first-order valence-corrected chi connectivity index (χ1v) is 8.32. The molecule has 3 N–H and O–H groups in total. The Hall–Kier alpha value is -2.56. The summed E-state index contributed by atoms with van der Waals surface area (Å²) in [5, 5.41) is 11.9. The van der Waals surface area contributed by atoms with Crippen LogP contribution >= 0.6 is 0 Å². The van der Waals surface area contributed by atoms with Gasteiger partial charge in [0.05, 0.1) is 12.0 Å². The summed E-state index contributed by atoms with van der Waals surface area (Å²) in [5.41, 5.74) is 2.63. The molecule has 1 saturated carbocycles. The van der Waals surface area contributed by atoms with Gasteiger partial charge in [-0.1, -0.05) is 30.3 Å². The molecular formula is C19H22N2O3. The van der Waals surface area contributed by atoms with Crippen molar-refractivity contribution >= 4 is 11.9 Å². The van der Waals surface area contributed by atoms with E-state index >= 15 is 0 Å². The van der Waals surface area contributed by atoms with E-state index in [4.69, 9.17) is 5.11 Å². The molecule has 1 aromatic carbocycles. The fourth-order valence-electron chi connectivity index (χ4n) is 3.22. The predicted molar refractivity (Wildman–Crippen MR) is 91.5 cm³/mol. The lowest BCUT2D eigenvalue weighted by atomic mass is 9.74. The Bertz CT molecular complexity index is 717. The van der Waals surface area contributed by atoms with Crippen LogP contribution in [0, 0.1) is 0 Å². The number of aryl methyl sites for hydroxylation is 1. The lowest BCUT2D eigenvalue weighted by molar-refractivity contribution is -0.140. The van der Waals surface area contributed by atoms with E-state index in [1.807, 2.05) is 42.5 Å². The van der Waals surface area contributed by atoms with Crippen LogP contribution in [0.2, 0.25) is 0 Å². The topological polar surface area (TPSA) is 82.2 Å². The molecule has 0 spiro atoms. The third-order valence-corrected chi connectivity index (χ3v) is 4.66. The van der Waals surface area contributed by atoms with Crippen LogP contribution in [0.3, 0.4) is 0 Å². The third kappa shape index (κ3) is 3.85. The molecule has 0 radical (unpaired) electrons. The number of aliphatic carboxylic acids is 1. The van der Waals surface area contributed by atoms with E-state index in [9.17, 15) is 9.59 Å². The molecule has 5 heteroatoms. The van der Waals surface area contributed by atoms with Crippen LogP contribution in [0.15, 0.2) is 42.5 Å². The molecule has 1 aliphatic carbocycles. The highest BCUT2D eigenvalue weighted by molar-refractivity contribution is 5.78. The molecule has 5 nitrogen and oxygen atoms in total.